The molecule has 0 heterocycles. The number of halogens is 7. The number of rotatable bonds is 0. The number of alkyl halides is 3. The Hall–Kier alpha value is -0.170. The van der Waals surface area contributed by atoms with Crippen molar-refractivity contribution in [3.8, 4) is 0 Å². The van der Waals surface area contributed by atoms with Crippen LogP contribution in [0.25, 0.3) is 0 Å². The molecule has 0 amide bonds. The minimum atomic E-state index is -4.73. The van der Waals surface area contributed by atoms with Gasteiger partial charge in [0.2, 0.25) is 0 Å². The number of hydrogen-bond acceptors (Lipinski definition) is 0. The second-order valence-electron chi connectivity index (χ2n) is 2.35. The summed E-state index contributed by atoms with van der Waals surface area (Å²) in [5, 5.41) is 0. The zero-order chi connectivity index (χ0) is 11.1. The van der Waals surface area contributed by atoms with E-state index in [-0.39, 0.29) is 6.07 Å². The maximum absolute atomic E-state index is 12.7. The van der Waals surface area contributed by atoms with E-state index < -0.39 is 32.3 Å². The minimum absolute atomic E-state index is 0.101. The van der Waals surface area contributed by atoms with Crippen molar-refractivity contribution in [3.63, 3.8) is 0 Å². The van der Waals surface area contributed by atoms with Gasteiger partial charge in [-0.05, 0) is 37.9 Å². The van der Waals surface area contributed by atoms with E-state index in [9.17, 15) is 22.0 Å². The first-order valence-electron chi connectivity index (χ1n) is 3.15. The fraction of sp³-hybridized carbons (Fsp3) is 0.143. The van der Waals surface area contributed by atoms with Gasteiger partial charge in [-0.15, -0.1) is 0 Å². The van der Waals surface area contributed by atoms with Crippen LogP contribution in [0.5, 0.6) is 0 Å². The minimum Gasteiger partial charge on any atom is -0.204 e. The van der Waals surface area contributed by atoms with Crippen molar-refractivity contribution < 1.29 is 22.0 Å². The second kappa shape index (κ2) is 3.77. The predicted molar refractivity (Wildman–Crippen MR) is 46.8 cm³/mol. The summed E-state index contributed by atoms with van der Waals surface area (Å²) < 4.78 is 60.8. The molecule has 0 bridgehead atoms. The summed E-state index contributed by atoms with van der Waals surface area (Å²) in [4.78, 5) is 0. The first-order valence-corrected chi connectivity index (χ1v) is 4.74. The van der Waals surface area contributed by atoms with Gasteiger partial charge < -0.3 is 0 Å². The Labute approximate surface area is 92.4 Å². The highest BCUT2D eigenvalue weighted by Crippen LogP contribution is 2.40. The Morgan fingerprint density at radius 1 is 1.00 bits per heavy atom. The summed E-state index contributed by atoms with van der Waals surface area (Å²) in [5.41, 5.74) is -1.26. The van der Waals surface area contributed by atoms with Gasteiger partial charge in [0.15, 0.2) is 11.6 Å². The van der Waals surface area contributed by atoms with Crippen molar-refractivity contribution in [2.24, 2.45) is 0 Å². The van der Waals surface area contributed by atoms with E-state index in [1.807, 2.05) is 0 Å². The lowest BCUT2D eigenvalue weighted by molar-refractivity contribution is -0.138. The smallest absolute Gasteiger partial charge is 0.204 e. The molecule has 0 aliphatic rings. The SMILES string of the molecule is Fc1cc(C(F)(F)F)c(Br)c(Br)c1F. The highest BCUT2D eigenvalue weighted by Gasteiger charge is 2.35. The molecular weight excluding hydrogens is 339 g/mol. The van der Waals surface area contributed by atoms with Gasteiger partial charge in [0.1, 0.15) is 0 Å². The molecule has 0 nitrogen and oxygen atoms in total. The molecule has 78 valence electrons. The van der Waals surface area contributed by atoms with Crippen molar-refractivity contribution in [2.45, 2.75) is 6.18 Å². The van der Waals surface area contributed by atoms with Crippen molar-refractivity contribution >= 4 is 31.9 Å². The summed E-state index contributed by atoms with van der Waals surface area (Å²) in [7, 11) is 0. The van der Waals surface area contributed by atoms with Gasteiger partial charge >= 0.3 is 6.18 Å². The monoisotopic (exact) mass is 338 g/mol. The normalized spacial score (nSPS) is 11.9. The third-order valence-electron chi connectivity index (χ3n) is 1.41. The molecule has 0 atom stereocenters. The summed E-state index contributed by atoms with van der Waals surface area (Å²) in [5.74, 6) is -2.91. The molecule has 1 aromatic rings. The molecule has 0 radical (unpaired) electrons. The van der Waals surface area contributed by atoms with Crippen molar-refractivity contribution in [1.82, 2.24) is 0 Å². The Kier molecular flexibility index (Phi) is 3.20. The quantitative estimate of drug-likeness (QED) is 0.370. The Bertz CT molecular complexity index is 371. The molecule has 0 saturated carbocycles. The predicted octanol–water partition coefficient (Wildman–Crippen LogP) is 4.51. The van der Waals surface area contributed by atoms with Crippen molar-refractivity contribution in [3.05, 3.63) is 32.2 Å². The standard InChI is InChI=1S/C7HBr2F5/c8-4-2(7(12,13)14)1-3(10)6(11)5(4)9/h1H. The number of benzene rings is 1. The topological polar surface area (TPSA) is 0 Å². The lowest BCUT2D eigenvalue weighted by atomic mass is 10.2. The maximum atomic E-state index is 12.7. The lowest BCUT2D eigenvalue weighted by Crippen LogP contribution is -2.08. The maximum Gasteiger partial charge on any atom is 0.417 e. The van der Waals surface area contributed by atoms with E-state index in [2.05, 4.69) is 31.9 Å². The molecule has 0 aromatic heterocycles. The third kappa shape index (κ3) is 2.08. The summed E-state index contributed by atoms with van der Waals surface area (Å²) >= 11 is 5.04. The zero-order valence-electron chi connectivity index (χ0n) is 6.22. The molecule has 0 spiro atoms. The lowest BCUT2D eigenvalue weighted by Gasteiger charge is -2.11. The molecule has 0 aliphatic heterocycles. The second-order valence-corrected chi connectivity index (χ2v) is 3.93. The molecule has 0 saturated heterocycles. The molecule has 7 heteroatoms. The molecule has 1 aromatic carbocycles. The van der Waals surface area contributed by atoms with E-state index in [0.29, 0.717) is 0 Å². The molecule has 14 heavy (non-hydrogen) atoms. The fourth-order valence-corrected chi connectivity index (χ4v) is 1.70. The van der Waals surface area contributed by atoms with E-state index in [1.165, 1.54) is 0 Å². The van der Waals surface area contributed by atoms with E-state index in [4.69, 9.17) is 0 Å². The van der Waals surface area contributed by atoms with Crippen LogP contribution in [-0.4, -0.2) is 0 Å². The largest absolute Gasteiger partial charge is 0.417 e. The van der Waals surface area contributed by atoms with Gasteiger partial charge in [0.05, 0.1) is 10.0 Å². The van der Waals surface area contributed by atoms with Crippen LogP contribution in [0.1, 0.15) is 5.56 Å². The molecular formula is C7HBr2F5. The number of hydrogen-bond donors (Lipinski definition) is 0. The molecule has 0 fully saturated rings. The average Bonchev–Trinajstić information content (AvgIpc) is 2.06. The first-order chi connectivity index (χ1) is 6.25. The van der Waals surface area contributed by atoms with Crippen LogP contribution in [0.4, 0.5) is 22.0 Å². The molecule has 1 rings (SSSR count). The van der Waals surface area contributed by atoms with Crippen molar-refractivity contribution in [1.29, 1.82) is 0 Å². The highest BCUT2D eigenvalue weighted by atomic mass is 79.9. The Morgan fingerprint density at radius 2 is 1.50 bits per heavy atom. The van der Waals surface area contributed by atoms with Gasteiger partial charge in [-0.25, -0.2) is 8.78 Å². The third-order valence-corrected chi connectivity index (χ3v) is 3.51. The van der Waals surface area contributed by atoms with Gasteiger partial charge in [-0.3, -0.25) is 0 Å². The summed E-state index contributed by atoms with van der Waals surface area (Å²) in [6.07, 6.45) is -4.73. The fourth-order valence-electron chi connectivity index (χ4n) is 0.779. The van der Waals surface area contributed by atoms with E-state index in [0.717, 1.165) is 0 Å². The first kappa shape index (κ1) is 11.9. The molecule has 0 N–H and O–H groups in total. The van der Waals surface area contributed by atoms with Crippen LogP contribution in [0.15, 0.2) is 15.0 Å². The summed E-state index contributed by atoms with van der Waals surface area (Å²) in [6, 6.07) is 0.101. The van der Waals surface area contributed by atoms with Crippen LogP contribution in [0.2, 0.25) is 0 Å². The van der Waals surface area contributed by atoms with E-state index >= 15 is 0 Å². The van der Waals surface area contributed by atoms with Gasteiger partial charge in [-0.1, -0.05) is 0 Å². The van der Waals surface area contributed by atoms with Gasteiger partial charge in [0.25, 0.3) is 0 Å². The van der Waals surface area contributed by atoms with Crippen molar-refractivity contribution in [2.75, 3.05) is 0 Å². The van der Waals surface area contributed by atoms with Crippen LogP contribution < -0.4 is 0 Å². The van der Waals surface area contributed by atoms with Crippen LogP contribution in [0, 0.1) is 11.6 Å². The Balaban J connectivity index is 3.49. The van der Waals surface area contributed by atoms with Gasteiger partial charge in [-0.2, -0.15) is 13.2 Å². The Morgan fingerprint density at radius 3 is 1.93 bits per heavy atom. The molecule has 0 aliphatic carbocycles. The zero-order valence-corrected chi connectivity index (χ0v) is 9.40. The highest BCUT2D eigenvalue weighted by molar-refractivity contribution is 9.13. The average molecular weight is 340 g/mol. The van der Waals surface area contributed by atoms with E-state index in [1.54, 1.807) is 0 Å². The van der Waals surface area contributed by atoms with Crippen LogP contribution in [-0.2, 0) is 6.18 Å². The van der Waals surface area contributed by atoms with Crippen LogP contribution in [0.3, 0.4) is 0 Å². The molecule has 0 unspecified atom stereocenters. The van der Waals surface area contributed by atoms with Gasteiger partial charge in [0, 0.05) is 4.47 Å². The summed E-state index contributed by atoms with van der Waals surface area (Å²) in [6.45, 7) is 0. The van der Waals surface area contributed by atoms with Crippen LogP contribution >= 0.6 is 31.9 Å².